The fourth-order valence-corrected chi connectivity index (χ4v) is 2.83. The first kappa shape index (κ1) is 15.8. The summed E-state index contributed by atoms with van der Waals surface area (Å²) in [6.07, 6.45) is 0. The van der Waals surface area contributed by atoms with Gasteiger partial charge in [-0.3, -0.25) is 9.59 Å². The zero-order chi connectivity index (χ0) is 18.3. The first-order valence-corrected chi connectivity index (χ1v) is 7.77. The molecular weight excluding hydrogens is 336 g/mol. The van der Waals surface area contributed by atoms with Crippen molar-refractivity contribution in [1.29, 1.82) is 0 Å². The Morgan fingerprint density at radius 3 is 2.65 bits per heavy atom. The Balaban J connectivity index is 1.76. The van der Waals surface area contributed by atoms with E-state index >= 15 is 0 Å². The van der Waals surface area contributed by atoms with Gasteiger partial charge in [0.2, 0.25) is 5.76 Å². The number of ether oxygens (including phenoxy) is 1. The predicted octanol–water partition coefficient (Wildman–Crippen LogP) is 3.54. The Hall–Kier alpha value is -3.74. The minimum atomic E-state index is -0.775. The largest absolute Gasteiger partial charge is 0.493 e. The number of rotatable bonds is 4. The molecule has 2 amide bonds. The molecule has 0 aliphatic carbocycles. The van der Waals surface area contributed by atoms with Crippen molar-refractivity contribution >= 4 is 39.4 Å². The van der Waals surface area contributed by atoms with Crippen LogP contribution in [-0.4, -0.2) is 18.9 Å². The number of nitrogens with one attached hydrogen (secondary N) is 1. The van der Waals surface area contributed by atoms with E-state index < -0.39 is 11.8 Å². The van der Waals surface area contributed by atoms with Crippen LogP contribution in [0.1, 0.15) is 21.1 Å². The molecule has 7 nitrogen and oxygen atoms in total. The highest BCUT2D eigenvalue weighted by Gasteiger charge is 2.22. The minimum absolute atomic E-state index is 0.0743. The molecule has 130 valence electrons. The van der Waals surface area contributed by atoms with Crippen LogP contribution < -0.4 is 15.8 Å². The maximum atomic E-state index is 12.7. The van der Waals surface area contributed by atoms with Gasteiger partial charge >= 0.3 is 0 Å². The summed E-state index contributed by atoms with van der Waals surface area (Å²) in [5, 5.41) is 3.96. The second-order valence-electron chi connectivity index (χ2n) is 5.61. The second-order valence-corrected chi connectivity index (χ2v) is 5.61. The molecule has 0 atom stereocenters. The lowest BCUT2D eigenvalue weighted by Crippen LogP contribution is -2.16. The van der Waals surface area contributed by atoms with E-state index in [0.29, 0.717) is 22.3 Å². The number of benzene rings is 2. The van der Waals surface area contributed by atoms with Gasteiger partial charge in [0.15, 0.2) is 17.1 Å². The van der Waals surface area contributed by atoms with Gasteiger partial charge < -0.3 is 24.6 Å². The number of hydrogen-bond donors (Lipinski definition) is 2. The number of nitrogens with two attached hydrogens (primary N) is 1. The van der Waals surface area contributed by atoms with Gasteiger partial charge in [0.05, 0.1) is 7.11 Å². The van der Waals surface area contributed by atoms with Crippen molar-refractivity contribution in [3.63, 3.8) is 0 Å². The van der Waals surface area contributed by atoms with Crippen LogP contribution in [0.15, 0.2) is 57.4 Å². The van der Waals surface area contributed by atoms with Crippen LogP contribution in [0.5, 0.6) is 5.75 Å². The number of hydrogen-bond acceptors (Lipinski definition) is 5. The summed E-state index contributed by atoms with van der Waals surface area (Å²) in [6.45, 7) is 0. The third kappa shape index (κ3) is 2.46. The van der Waals surface area contributed by atoms with Crippen LogP contribution in [0.3, 0.4) is 0 Å². The van der Waals surface area contributed by atoms with E-state index in [2.05, 4.69) is 5.32 Å². The maximum absolute atomic E-state index is 12.7. The summed E-state index contributed by atoms with van der Waals surface area (Å²) in [7, 11) is 1.52. The number of para-hydroxylation sites is 2. The van der Waals surface area contributed by atoms with Gasteiger partial charge in [0.25, 0.3) is 11.8 Å². The highest BCUT2D eigenvalue weighted by Crippen LogP contribution is 2.32. The topological polar surface area (TPSA) is 108 Å². The molecule has 2 heterocycles. The highest BCUT2D eigenvalue weighted by atomic mass is 16.5. The van der Waals surface area contributed by atoms with E-state index in [1.165, 1.54) is 7.11 Å². The third-order valence-electron chi connectivity index (χ3n) is 4.01. The summed E-state index contributed by atoms with van der Waals surface area (Å²) >= 11 is 0. The summed E-state index contributed by atoms with van der Waals surface area (Å²) in [5.74, 6) is -0.827. The Kier molecular flexibility index (Phi) is 3.62. The smallest absolute Gasteiger partial charge is 0.291 e. The SMILES string of the molecule is COc1cccc2cc(C(=O)Nc3c(C(N)=O)oc4ccccc34)oc12. The van der Waals surface area contributed by atoms with Gasteiger partial charge in [-0.2, -0.15) is 0 Å². The van der Waals surface area contributed by atoms with Crippen molar-refractivity contribution in [3.05, 3.63) is 60.1 Å². The van der Waals surface area contributed by atoms with Crippen molar-refractivity contribution in [2.45, 2.75) is 0 Å². The molecule has 4 aromatic rings. The van der Waals surface area contributed by atoms with E-state index in [-0.39, 0.29) is 17.2 Å². The lowest BCUT2D eigenvalue weighted by Gasteiger charge is -2.02. The van der Waals surface area contributed by atoms with Gasteiger partial charge in [-0.1, -0.05) is 24.3 Å². The average molecular weight is 350 g/mol. The summed E-state index contributed by atoms with van der Waals surface area (Å²) in [4.78, 5) is 24.3. The Bertz CT molecular complexity index is 1160. The van der Waals surface area contributed by atoms with Crippen molar-refractivity contribution in [1.82, 2.24) is 0 Å². The lowest BCUT2D eigenvalue weighted by atomic mass is 10.2. The van der Waals surface area contributed by atoms with Gasteiger partial charge in [-0.05, 0) is 24.3 Å². The average Bonchev–Trinajstić information content (AvgIpc) is 3.23. The van der Waals surface area contributed by atoms with Gasteiger partial charge in [0.1, 0.15) is 11.3 Å². The molecule has 7 heteroatoms. The molecule has 3 N–H and O–H groups in total. The quantitative estimate of drug-likeness (QED) is 0.585. The number of primary amides is 1. The number of furan rings is 2. The van der Waals surface area contributed by atoms with Crippen molar-refractivity contribution < 1.29 is 23.2 Å². The number of amides is 2. The van der Waals surface area contributed by atoms with Crippen LogP contribution in [0.2, 0.25) is 0 Å². The Morgan fingerprint density at radius 1 is 1.08 bits per heavy atom. The van der Waals surface area contributed by atoms with E-state index in [1.807, 2.05) is 0 Å². The normalized spacial score (nSPS) is 11.0. The van der Waals surface area contributed by atoms with Crippen LogP contribution >= 0.6 is 0 Å². The molecule has 26 heavy (non-hydrogen) atoms. The van der Waals surface area contributed by atoms with Crippen molar-refractivity contribution in [2.75, 3.05) is 12.4 Å². The lowest BCUT2D eigenvalue weighted by molar-refractivity contribution is 0.0977. The monoisotopic (exact) mass is 350 g/mol. The molecule has 0 fully saturated rings. The molecule has 2 aromatic heterocycles. The molecule has 0 aliphatic rings. The molecule has 0 saturated heterocycles. The molecule has 0 saturated carbocycles. The van der Waals surface area contributed by atoms with Crippen LogP contribution in [0, 0.1) is 0 Å². The zero-order valence-corrected chi connectivity index (χ0v) is 13.7. The molecule has 0 radical (unpaired) electrons. The third-order valence-corrected chi connectivity index (χ3v) is 4.01. The summed E-state index contributed by atoms with van der Waals surface area (Å²) in [6, 6.07) is 13.9. The molecule has 0 aliphatic heterocycles. The van der Waals surface area contributed by atoms with Gasteiger partial charge in [0, 0.05) is 10.8 Å². The summed E-state index contributed by atoms with van der Waals surface area (Å²) in [5.41, 5.74) is 6.49. The minimum Gasteiger partial charge on any atom is -0.493 e. The van der Waals surface area contributed by atoms with Crippen molar-refractivity contribution in [2.24, 2.45) is 5.73 Å². The molecular formula is C19H14N2O5. The van der Waals surface area contributed by atoms with E-state index in [0.717, 1.165) is 5.39 Å². The van der Waals surface area contributed by atoms with Gasteiger partial charge in [-0.15, -0.1) is 0 Å². The van der Waals surface area contributed by atoms with Crippen LogP contribution in [0.4, 0.5) is 5.69 Å². The Labute approximate surface area is 147 Å². The van der Waals surface area contributed by atoms with Crippen LogP contribution in [-0.2, 0) is 0 Å². The molecule has 0 unspecified atom stereocenters. The standard InChI is InChI=1S/C19H14N2O5/c1-24-13-8-4-5-10-9-14(26-16(10)13)19(23)21-15-11-6-2-3-7-12(11)25-17(15)18(20)22/h2-9H,1H3,(H2,20,22)(H,21,23). The number of anilines is 1. The highest BCUT2D eigenvalue weighted by molar-refractivity contribution is 6.14. The van der Waals surface area contributed by atoms with E-state index in [9.17, 15) is 9.59 Å². The van der Waals surface area contributed by atoms with Gasteiger partial charge in [-0.25, -0.2) is 0 Å². The van der Waals surface area contributed by atoms with E-state index in [1.54, 1.807) is 48.5 Å². The number of methoxy groups -OCH3 is 1. The fraction of sp³-hybridized carbons (Fsp3) is 0.0526. The maximum Gasteiger partial charge on any atom is 0.291 e. The molecule has 4 rings (SSSR count). The zero-order valence-electron chi connectivity index (χ0n) is 13.7. The van der Waals surface area contributed by atoms with Crippen molar-refractivity contribution in [3.8, 4) is 5.75 Å². The summed E-state index contributed by atoms with van der Waals surface area (Å²) < 4.78 is 16.3. The predicted molar refractivity (Wildman–Crippen MR) is 95.5 cm³/mol. The molecule has 0 bridgehead atoms. The van der Waals surface area contributed by atoms with Crippen LogP contribution in [0.25, 0.3) is 21.9 Å². The molecule has 0 spiro atoms. The number of fused-ring (bicyclic) bond motifs is 2. The number of carbonyl (C=O) groups is 2. The van der Waals surface area contributed by atoms with E-state index in [4.69, 9.17) is 19.3 Å². The molecule has 2 aromatic carbocycles. The number of carbonyl (C=O) groups excluding carboxylic acids is 2. The fourth-order valence-electron chi connectivity index (χ4n) is 2.83. The first-order valence-electron chi connectivity index (χ1n) is 7.77. The second kappa shape index (κ2) is 5.96. The Morgan fingerprint density at radius 2 is 1.88 bits per heavy atom. The first-order chi connectivity index (χ1) is 12.6.